The average molecular weight is 385 g/mol. The third-order valence-electron chi connectivity index (χ3n) is 3.64. The number of hydrogen-bond acceptors (Lipinski definition) is 6. The smallest absolute Gasteiger partial charge is 0.309 e. The molecule has 1 aromatic heterocycles. The maximum atomic E-state index is 10.8. The number of carboxylic acids is 1. The molecule has 27 heavy (non-hydrogen) atoms. The Hall–Kier alpha value is -3.06. The molecule has 3 rings (SSSR count). The molecule has 0 saturated heterocycles. The summed E-state index contributed by atoms with van der Waals surface area (Å²) in [4.78, 5) is 15.1. The Morgan fingerprint density at radius 3 is 2.63 bits per heavy atom. The molecule has 1 N–H and O–H groups in total. The van der Waals surface area contributed by atoms with Crippen LogP contribution in [-0.2, 0) is 11.2 Å². The number of carboxylic acid groups (broad SMARTS) is 1. The molecule has 140 valence electrons. The summed E-state index contributed by atoms with van der Waals surface area (Å²) in [5, 5.41) is 11.4. The number of carbonyl (C=O) groups is 1. The van der Waals surface area contributed by atoms with Gasteiger partial charge in [-0.3, -0.25) is 4.79 Å². The molecular formula is C20H19NO5S. The maximum absolute atomic E-state index is 10.8. The number of aliphatic carboxylic acids is 1. The van der Waals surface area contributed by atoms with Crippen LogP contribution in [0.1, 0.15) is 5.69 Å². The topological polar surface area (TPSA) is 77.9 Å². The van der Waals surface area contributed by atoms with Gasteiger partial charge in [-0.2, -0.15) is 0 Å². The van der Waals surface area contributed by atoms with E-state index in [1.54, 1.807) is 12.5 Å². The first-order chi connectivity index (χ1) is 13.2. The summed E-state index contributed by atoms with van der Waals surface area (Å²) in [6.07, 6.45) is -0.0764. The van der Waals surface area contributed by atoms with Gasteiger partial charge in [0.2, 0.25) is 0 Å². The van der Waals surface area contributed by atoms with Crippen LogP contribution in [-0.4, -0.2) is 36.4 Å². The van der Waals surface area contributed by atoms with E-state index in [0.717, 1.165) is 10.6 Å². The van der Waals surface area contributed by atoms with Gasteiger partial charge in [-0.25, -0.2) is 4.98 Å². The lowest BCUT2D eigenvalue weighted by molar-refractivity contribution is -0.136. The Morgan fingerprint density at radius 2 is 1.85 bits per heavy atom. The lowest BCUT2D eigenvalue weighted by Gasteiger charge is -2.11. The quantitative estimate of drug-likeness (QED) is 0.563. The van der Waals surface area contributed by atoms with E-state index in [1.165, 1.54) is 11.3 Å². The molecule has 7 heteroatoms. The minimum atomic E-state index is -0.890. The van der Waals surface area contributed by atoms with Gasteiger partial charge in [0.1, 0.15) is 24.0 Å². The van der Waals surface area contributed by atoms with Crippen LogP contribution < -0.4 is 14.2 Å². The highest BCUT2D eigenvalue weighted by Gasteiger charge is 2.09. The molecule has 6 nitrogen and oxygen atoms in total. The van der Waals surface area contributed by atoms with E-state index in [1.807, 2.05) is 48.5 Å². The Bertz CT molecular complexity index is 909. The van der Waals surface area contributed by atoms with Crippen molar-refractivity contribution in [2.75, 3.05) is 20.3 Å². The Balaban J connectivity index is 1.56. The van der Waals surface area contributed by atoms with Crippen molar-refractivity contribution in [2.24, 2.45) is 0 Å². The molecule has 0 aliphatic carbocycles. The van der Waals surface area contributed by atoms with Crippen molar-refractivity contribution in [3.05, 3.63) is 59.6 Å². The Kier molecular flexibility index (Phi) is 6.27. The van der Waals surface area contributed by atoms with Gasteiger partial charge in [-0.05, 0) is 24.3 Å². The van der Waals surface area contributed by atoms with Gasteiger partial charge in [-0.1, -0.05) is 24.3 Å². The summed E-state index contributed by atoms with van der Waals surface area (Å²) in [7, 11) is 1.60. The highest BCUT2D eigenvalue weighted by Crippen LogP contribution is 2.28. The molecule has 0 unspecified atom stereocenters. The van der Waals surface area contributed by atoms with Gasteiger partial charge in [0.15, 0.2) is 11.5 Å². The first-order valence-corrected chi connectivity index (χ1v) is 9.19. The summed E-state index contributed by atoms with van der Waals surface area (Å²) in [6, 6.07) is 15.0. The van der Waals surface area contributed by atoms with Crippen molar-refractivity contribution >= 4 is 17.3 Å². The zero-order valence-electron chi connectivity index (χ0n) is 14.8. The van der Waals surface area contributed by atoms with E-state index in [2.05, 4.69) is 4.98 Å². The third-order valence-corrected chi connectivity index (χ3v) is 4.58. The fourth-order valence-electron chi connectivity index (χ4n) is 2.44. The molecule has 0 aliphatic heterocycles. The zero-order chi connectivity index (χ0) is 19.1. The standard InChI is InChI=1S/C20H19NO5S/c1-24-17-7-2-3-8-18(17)26-10-9-25-16-6-4-5-14(11-16)20-21-15(13-27-20)12-19(22)23/h2-8,11,13H,9-10,12H2,1H3,(H,22,23). The fourth-order valence-corrected chi connectivity index (χ4v) is 3.26. The first-order valence-electron chi connectivity index (χ1n) is 8.31. The molecule has 0 radical (unpaired) electrons. The predicted molar refractivity (Wildman–Crippen MR) is 103 cm³/mol. The summed E-state index contributed by atoms with van der Waals surface area (Å²) in [5.74, 6) is 1.16. The minimum Gasteiger partial charge on any atom is -0.493 e. The predicted octanol–water partition coefficient (Wildman–Crippen LogP) is 3.90. The van der Waals surface area contributed by atoms with Gasteiger partial charge in [0.25, 0.3) is 0 Å². The van der Waals surface area contributed by atoms with Crippen LogP contribution in [0.4, 0.5) is 0 Å². The molecular weight excluding hydrogens is 366 g/mol. The average Bonchev–Trinajstić information content (AvgIpc) is 3.13. The van der Waals surface area contributed by atoms with Gasteiger partial charge in [0, 0.05) is 10.9 Å². The number of hydrogen-bond donors (Lipinski definition) is 1. The van der Waals surface area contributed by atoms with E-state index in [-0.39, 0.29) is 6.42 Å². The zero-order valence-corrected chi connectivity index (χ0v) is 15.6. The van der Waals surface area contributed by atoms with Crippen molar-refractivity contribution in [3.8, 4) is 27.8 Å². The highest BCUT2D eigenvalue weighted by atomic mass is 32.1. The number of thiazole rings is 1. The van der Waals surface area contributed by atoms with Crippen LogP contribution in [0.2, 0.25) is 0 Å². The molecule has 3 aromatic rings. The number of ether oxygens (including phenoxy) is 3. The summed E-state index contributed by atoms with van der Waals surface area (Å²) in [5.41, 5.74) is 1.44. The second-order valence-electron chi connectivity index (χ2n) is 5.59. The molecule has 0 aliphatic rings. The summed E-state index contributed by atoms with van der Waals surface area (Å²) in [6.45, 7) is 0.758. The first kappa shape index (κ1) is 18.7. The van der Waals surface area contributed by atoms with Crippen molar-refractivity contribution in [3.63, 3.8) is 0 Å². The normalized spacial score (nSPS) is 10.4. The number of methoxy groups -OCH3 is 1. The number of nitrogens with zero attached hydrogens (tertiary/aromatic N) is 1. The van der Waals surface area contributed by atoms with Crippen molar-refractivity contribution in [2.45, 2.75) is 6.42 Å². The number of benzene rings is 2. The largest absolute Gasteiger partial charge is 0.493 e. The number of rotatable bonds is 9. The van der Waals surface area contributed by atoms with Crippen LogP contribution in [0.15, 0.2) is 53.9 Å². The van der Waals surface area contributed by atoms with E-state index < -0.39 is 5.97 Å². The van der Waals surface area contributed by atoms with Crippen molar-refractivity contribution in [1.29, 1.82) is 0 Å². The molecule has 0 spiro atoms. The van der Waals surface area contributed by atoms with Gasteiger partial charge in [-0.15, -0.1) is 11.3 Å². The van der Waals surface area contributed by atoms with E-state index in [9.17, 15) is 4.79 Å². The summed E-state index contributed by atoms with van der Waals surface area (Å²) < 4.78 is 16.7. The Labute approximate surface area is 161 Å². The van der Waals surface area contributed by atoms with Crippen LogP contribution in [0.5, 0.6) is 17.2 Å². The van der Waals surface area contributed by atoms with Gasteiger partial charge in [0.05, 0.1) is 19.2 Å². The highest BCUT2D eigenvalue weighted by molar-refractivity contribution is 7.13. The second-order valence-corrected chi connectivity index (χ2v) is 6.45. The molecule has 0 saturated carbocycles. The molecule has 0 amide bonds. The molecule has 2 aromatic carbocycles. The fraction of sp³-hybridized carbons (Fsp3) is 0.200. The lowest BCUT2D eigenvalue weighted by atomic mass is 10.2. The maximum Gasteiger partial charge on any atom is 0.309 e. The van der Waals surface area contributed by atoms with E-state index in [4.69, 9.17) is 19.3 Å². The van der Waals surface area contributed by atoms with Crippen LogP contribution in [0.25, 0.3) is 10.6 Å². The second kappa shape index (κ2) is 9.05. The molecule has 0 bridgehead atoms. The molecule has 0 atom stereocenters. The third kappa shape index (κ3) is 5.21. The van der Waals surface area contributed by atoms with E-state index in [0.29, 0.717) is 36.2 Å². The lowest BCUT2D eigenvalue weighted by Crippen LogP contribution is -2.09. The molecule has 0 fully saturated rings. The number of para-hydroxylation sites is 2. The Morgan fingerprint density at radius 1 is 1.07 bits per heavy atom. The molecule has 1 heterocycles. The monoisotopic (exact) mass is 385 g/mol. The van der Waals surface area contributed by atoms with Crippen LogP contribution in [0, 0.1) is 0 Å². The van der Waals surface area contributed by atoms with Crippen molar-refractivity contribution in [1.82, 2.24) is 4.98 Å². The van der Waals surface area contributed by atoms with E-state index >= 15 is 0 Å². The number of aromatic nitrogens is 1. The van der Waals surface area contributed by atoms with Gasteiger partial charge >= 0.3 is 5.97 Å². The minimum absolute atomic E-state index is 0.0764. The van der Waals surface area contributed by atoms with Crippen molar-refractivity contribution < 1.29 is 24.1 Å². The summed E-state index contributed by atoms with van der Waals surface area (Å²) >= 11 is 1.41. The van der Waals surface area contributed by atoms with Gasteiger partial charge < -0.3 is 19.3 Å². The van der Waals surface area contributed by atoms with Crippen LogP contribution in [0.3, 0.4) is 0 Å². The van der Waals surface area contributed by atoms with Crippen LogP contribution >= 0.6 is 11.3 Å². The SMILES string of the molecule is COc1ccccc1OCCOc1cccc(-c2nc(CC(=O)O)cs2)c1.